The molecule has 2 unspecified atom stereocenters. The summed E-state index contributed by atoms with van der Waals surface area (Å²) in [6.45, 7) is 10.2. The van der Waals surface area contributed by atoms with Crippen molar-refractivity contribution in [3.8, 4) is 5.75 Å². The molecule has 8 nitrogen and oxygen atoms in total. The van der Waals surface area contributed by atoms with Crippen molar-refractivity contribution >= 4 is 17.9 Å². The zero-order valence-electron chi connectivity index (χ0n) is 24.0. The van der Waals surface area contributed by atoms with Gasteiger partial charge in [-0.25, -0.2) is 4.79 Å². The molecule has 2 aromatic carbocycles. The first-order valence-electron chi connectivity index (χ1n) is 14.0. The predicted octanol–water partition coefficient (Wildman–Crippen LogP) is 5.50. The monoisotopic (exact) mass is 539 g/mol. The molecule has 0 heterocycles. The van der Waals surface area contributed by atoms with Gasteiger partial charge in [0.25, 0.3) is 0 Å². The van der Waals surface area contributed by atoms with Crippen LogP contribution in [0, 0.1) is 0 Å². The topological polar surface area (TPSA) is 108 Å². The van der Waals surface area contributed by atoms with Gasteiger partial charge in [-0.1, -0.05) is 75.6 Å². The predicted molar refractivity (Wildman–Crippen MR) is 153 cm³/mol. The van der Waals surface area contributed by atoms with Crippen molar-refractivity contribution in [3.05, 3.63) is 65.7 Å². The molecule has 8 heteroatoms. The fraction of sp³-hybridized carbons (Fsp3) is 0.516. The lowest BCUT2D eigenvalue weighted by Crippen LogP contribution is -2.54. The number of alkyl carbamates (subject to hydrolysis) is 1. The Balaban J connectivity index is 2.50. The maximum atomic E-state index is 14.3. The van der Waals surface area contributed by atoms with E-state index in [0.717, 1.165) is 31.2 Å². The maximum absolute atomic E-state index is 14.3. The van der Waals surface area contributed by atoms with Crippen molar-refractivity contribution in [3.63, 3.8) is 0 Å². The second kappa shape index (κ2) is 15.8. The number of unbranched alkanes of at least 4 members (excludes halogenated alkanes) is 3. The molecule has 39 heavy (non-hydrogen) atoms. The maximum Gasteiger partial charge on any atom is 0.408 e. The summed E-state index contributed by atoms with van der Waals surface area (Å²) in [5, 5.41) is 15.6. The summed E-state index contributed by atoms with van der Waals surface area (Å²) in [6.07, 6.45) is 3.80. The molecule has 0 saturated carbocycles. The van der Waals surface area contributed by atoms with Crippen LogP contribution in [0.15, 0.2) is 54.6 Å². The van der Waals surface area contributed by atoms with Crippen molar-refractivity contribution < 1.29 is 24.2 Å². The lowest BCUT2D eigenvalue weighted by Gasteiger charge is -2.34. The first-order chi connectivity index (χ1) is 18.6. The normalized spacial score (nSPS) is 12.7. The fourth-order valence-corrected chi connectivity index (χ4v) is 4.21. The molecule has 0 aliphatic heterocycles. The largest absolute Gasteiger partial charge is 0.508 e. The van der Waals surface area contributed by atoms with E-state index in [1.807, 2.05) is 37.3 Å². The van der Waals surface area contributed by atoms with E-state index in [4.69, 9.17) is 4.74 Å². The van der Waals surface area contributed by atoms with E-state index in [1.165, 1.54) is 12.1 Å². The molecule has 0 aliphatic rings. The smallest absolute Gasteiger partial charge is 0.408 e. The Labute approximate surface area is 233 Å². The molecule has 0 aromatic heterocycles. The van der Waals surface area contributed by atoms with Crippen molar-refractivity contribution in [1.29, 1.82) is 0 Å². The minimum atomic E-state index is -0.952. The number of phenols is 1. The number of ether oxygens (including phenoxy) is 1. The average Bonchev–Trinajstić information content (AvgIpc) is 2.88. The van der Waals surface area contributed by atoms with E-state index >= 15 is 0 Å². The van der Waals surface area contributed by atoms with Crippen LogP contribution in [-0.2, 0) is 20.7 Å². The molecule has 0 spiro atoms. The van der Waals surface area contributed by atoms with Gasteiger partial charge in [0.2, 0.25) is 11.8 Å². The molecule has 0 bridgehead atoms. The van der Waals surface area contributed by atoms with Crippen LogP contribution in [0.1, 0.15) is 83.9 Å². The first kappa shape index (κ1) is 31.7. The van der Waals surface area contributed by atoms with Gasteiger partial charge >= 0.3 is 6.09 Å². The van der Waals surface area contributed by atoms with Gasteiger partial charge in [0.1, 0.15) is 23.4 Å². The lowest BCUT2D eigenvalue weighted by molar-refractivity contribution is -0.142. The van der Waals surface area contributed by atoms with Crippen molar-refractivity contribution in [1.82, 2.24) is 15.5 Å². The summed E-state index contributed by atoms with van der Waals surface area (Å²) in [5.41, 5.74) is 0.718. The Bertz CT molecular complexity index is 1030. The molecule has 3 amide bonds. The quantitative estimate of drug-likeness (QED) is 0.275. The number of hydrogen-bond donors (Lipinski definition) is 3. The van der Waals surface area contributed by atoms with Gasteiger partial charge in [0.15, 0.2) is 0 Å². The number of amides is 3. The highest BCUT2D eigenvalue weighted by Gasteiger charge is 2.36. The van der Waals surface area contributed by atoms with E-state index in [0.29, 0.717) is 25.1 Å². The molecule has 0 saturated heterocycles. The summed E-state index contributed by atoms with van der Waals surface area (Å²) in [5.74, 6) is -0.597. The molecule has 3 N–H and O–H groups in total. The molecule has 0 fully saturated rings. The second-order valence-electron chi connectivity index (χ2n) is 10.8. The van der Waals surface area contributed by atoms with Crippen LogP contribution in [-0.4, -0.2) is 52.6 Å². The third-order valence-electron chi connectivity index (χ3n) is 6.16. The number of carbonyl (C=O) groups is 3. The van der Waals surface area contributed by atoms with Gasteiger partial charge in [-0.05, 0) is 56.9 Å². The summed E-state index contributed by atoms with van der Waals surface area (Å²) >= 11 is 0. The van der Waals surface area contributed by atoms with Crippen molar-refractivity contribution in [2.45, 2.75) is 90.8 Å². The molecule has 214 valence electrons. The Hall–Kier alpha value is -3.55. The SMILES string of the molecule is CCCCCN(C(=O)C(Cc1ccccc1)NC(=O)OC(C)(C)C)C(C(=O)NCCCC)c1ccc(O)cc1. The number of aromatic hydroxyl groups is 1. The van der Waals surface area contributed by atoms with Crippen molar-refractivity contribution in [2.24, 2.45) is 0 Å². The van der Waals surface area contributed by atoms with Gasteiger partial charge in [-0.15, -0.1) is 0 Å². The minimum Gasteiger partial charge on any atom is -0.508 e. The summed E-state index contributed by atoms with van der Waals surface area (Å²) in [4.78, 5) is 42.3. The number of rotatable bonds is 14. The Morgan fingerprint density at radius 3 is 2.15 bits per heavy atom. The zero-order valence-corrected chi connectivity index (χ0v) is 24.0. The molecule has 0 radical (unpaired) electrons. The number of benzene rings is 2. The van der Waals surface area contributed by atoms with Crippen LogP contribution in [0.4, 0.5) is 4.79 Å². The summed E-state index contributed by atoms with van der Waals surface area (Å²) in [7, 11) is 0. The fourth-order valence-electron chi connectivity index (χ4n) is 4.21. The van der Waals surface area contributed by atoms with Crippen LogP contribution in [0.25, 0.3) is 0 Å². The van der Waals surface area contributed by atoms with Gasteiger partial charge in [-0.2, -0.15) is 0 Å². The van der Waals surface area contributed by atoms with Gasteiger partial charge in [0, 0.05) is 19.5 Å². The van der Waals surface area contributed by atoms with E-state index < -0.39 is 23.8 Å². The second-order valence-corrected chi connectivity index (χ2v) is 10.8. The standard InChI is InChI=1S/C31H45N3O5/c1-6-8-13-21-34(27(28(36)32-20-9-7-2)24-16-18-25(35)19-17-24)29(37)26(22-23-14-11-10-12-15-23)33-30(38)39-31(3,4)5/h10-12,14-19,26-27,35H,6-9,13,20-22H2,1-5H3,(H,32,36)(H,33,38). The lowest BCUT2D eigenvalue weighted by atomic mass is 9.99. The third-order valence-corrected chi connectivity index (χ3v) is 6.16. The highest BCUT2D eigenvalue weighted by Crippen LogP contribution is 2.26. The van der Waals surface area contributed by atoms with E-state index in [9.17, 15) is 19.5 Å². The van der Waals surface area contributed by atoms with Crippen LogP contribution in [0.2, 0.25) is 0 Å². The molecule has 2 aromatic rings. The van der Waals surface area contributed by atoms with Crippen molar-refractivity contribution in [2.75, 3.05) is 13.1 Å². The van der Waals surface area contributed by atoms with E-state index in [1.54, 1.807) is 37.8 Å². The van der Waals surface area contributed by atoms with Crippen LogP contribution >= 0.6 is 0 Å². The molecule has 2 atom stereocenters. The highest BCUT2D eigenvalue weighted by molar-refractivity contribution is 5.92. The summed E-state index contributed by atoms with van der Waals surface area (Å²) in [6, 6.07) is 13.9. The Kier molecular flexibility index (Phi) is 12.8. The number of carbonyl (C=O) groups excluding carboxylic acids is 3. The third kappa shape index (κ3) is 11.0. The number of nitrogens with zero attached hydrogens (tertiary/aromatic N) is 1. The van der Waals surface area contributed by atoms with Gasteiger partial charge < -0.3 is 25.4 Å². The number of hydrogen-bond acceptors (Lipinski definition) is 5. The van der Waals surface area contributed by atoms with Crippen LogP contribution in [0.3, 0.4) is 0 Å². The van der Waals surface area contributed by atoms with Crippen LogP contribution < -0.4 is 10.6 Å². The summed E-state index contributed by atoms with van der Waals surface area (Å²) < 4.78 is 5.48. The van der Waals surface area contributed by atoms with E-state index in [-0.39, 0.29) is 24.0 Å². The molecular weight excluding hydrogens is 494 g/mol. The zero-order chi connectivity index (χ0) is 28.8. The molecule has 0 aliphatic carbocycles. The van der Waals surface area contributed by atoms with E-state index in [2.05, 4.69) is 17.6 Å². The van der Waals surface area contributed by atoms with Crippen LogP contribution in [0.5, 0.6) is 5.75 Å². The van der Waals surface area contributed by atoms with Gasteiger partial charge in [0.05, 0.1) is 0 Å². The highest BCUT2D eigenvalue weighted by atomic mass is 16.6. The Morgan fingerprint density at radius 2 is 1.56 bits per heavy atom. The first-order valence-corrected chi connectivity index (χ1v) is 14.0. The minimum absolute atomic E-state index is 0.0706. The number of nitrogens with one attached hydrogen (secondary N) is 2. The molecule has 2 rings (SSSR count). The number of phenolic OH excluding ortho intramolecular Hbond substituents is 1. The van der Waals surface area contributed by atoms with Gasteiger partial charge in [-0.3, -0.25) is 9.59 Å². The molecular formula is C31H45N3O5. The Morgan fingerprint density at radius 1 is 0.923 bits per heavy atom. The average molecular weight is 540 g/mol.